The van der Waals surface area contributed by atoms with Gasteiger partial charge in [0, 0.05) is 26.2 Å². The van der Waals surface area contributed by atoms with Crippen LogP contribution >= 0.6 is 12.4 Å². The molecular weight excluding hydrogens is 206 g/mol. The predicted molar refractivity (Wildman–Crippen MR) is 55.0 cm³/mol. The van der Waals surface area contributed by atoms with E-state index in [9.17, 15) is 4.79 Å². The third-order valence-corrected chi connectivity index (χ3v) is 1.98. The Labute approximate surface area is 87.1 Å². The van der Waals surface area contributed by atoms with Crippen LogP contribution in [0.3, 0.4) is 0 Å². The monoisotopic (exact) mass is 217 g/mol. The highest BCUT2D eigenvalue weighted by Gasteiger charge is 2.11. The lowest BCUT2D eigenvalue weighted by atomic mass is 10.4. The average Bonchev–Trinajstić information content (AvgIpc) is 2.19. The topological polar surface area (TPSA) is 73.9 Å². The van der Waals surface area contributed by atoms with E-state index in [2.05, 4.69) is 20.5 Å². The summed E-state index contributed by atoms with van der Waals surface area (Å²) in [4.78, 5) is 15.6. The van der Waals surface area contributed by atoms with Crippen molar-refractivity contribution in [3.05, 3.63) is 16.6 Å². The molecular formula is C7H12ClN5O. The van der Waals surface area contributed by atoms with Gasteiger partial charge >= 0.3 is 0 Å². The van der Waals surface area contributed by atoms with Crippen LogP contribution in [0.4, 0.5) is 5.95 Å². The largest absolute Gasteiger partial charge is 0.338 e. The molecule has 0 aliphatic carbocycles. The van der Waals surface area contributed by atoms with Crippen LogP contribution in [0.2, 0.25) is 0 Å². The molecule has 0 spiro atoms. The number of rotatable bonds is 1. The molecule has 2 rings (SSSR count). The summed E-state index contributed by atoms with van der Waals surface area (Å²) < 4.78 is 0. The van der Waals surface area contributed by atoms with E-state index in [4.69, 9.17) is 0 Å². The van der Waals surface area contributed by atoms with Gasteiger partial charge in [-0.25, -0.2) is 0 Å². The molecule has 14 heavy (non-hydrogen) atoms. The standard InChI is InChI=1S/C7H11N5O.ClH/c13-6-5-9-11-7(10-6)12-3-1-8-2-4-12;/h5,8H,1-4H2,(H,10,11,13);1H. The number of nitrogens with one attached hydrogen (secondary N) is 2. The summed E-state index contributed by atoms with van der Waals surface area (Å²) in [5.41, 5.74) is -0.205. The summed E-state index contributed by atoms with van der Waals surface area (Å²) in [6, 6.07) is 0. The van der Waals surface area contributed by atoms with Gasteiger partial charge in [-0.2, -0.15) is 0 Å². The summed E-state index contributed by atoms with van der Waals surface area (Å²) in [5, 5.41) is 10.7. The van der Waals surface area contributed by atoms with E-state index in [1.165, 1.54) is 6.20 Å². The zero-order valence-corrected chi connectivity index (χ0v) is 8.38. The first-order chi connectivity index (χ1) is 6.36. The van der Waals surface area contributed by atoms with Crippen LogP contribution in [0.1, 0.15) is 0 Å². The lowest BCUT2D eigenvalue weighted by molar-refractivity contribution is 0.576. The Morgan fingerprint density at radius 3 is 2.71 bits per heavy atom. The quantitative estimate of drug-likeness (QED) is 0.631. The fourth-order valence-corrected chi connectivity index (χ4v) is 1.32. The third-order valence-electron chi connectivity index (χ3n) is 1.98. The molecule has 2 heterocycles. The van der Waals surface area contributed by atoms with E-state index < -0.39 is 0 Å². The first kappa shape index (κ1) is 10.9. The predicted octanol–water partition coefficient (Wildman–Crippen LogP) is -1.00. The van der Waals surface area contributed by atoms with Crippen molar-refractivity contribution in [2.45, 2.75) is 0 Å². The fourth-order valence-electron chi connectivity index (χ4n) is 1.32. The van der Waals surface area contributed by atoms with Crippen molar-refractivity contribution in [2.75, 3.05) is 31.1 Å². The molecule has 0 amide bonds. The Morgan fingerprint density at radius 1 is 1.36 bits per heavy atom. The lowest BCUT2D eigenvalue weighted by Gasteiger charge is -2.26. The van der Waals surface area contributed by atoms with Crippen molar-refractivity contribution in [1.29, 1.82) is 0 Å². The second-order valence-corrected chi connectivity index (χ2v) is 2.89. The van der Waals surface area contributed by atoms with E-state index in [-0.39, 0.29) is 18.0 Å². The molecule has 7 heteroatoms. The van der Waals surface area contributed by atoms with Crippen molar-refractivity contribution < 1.29 is 0 Å². The molecule has 0 aromatic carbocycles. The molecule has 78 valence electrons. The van der Waals surface area contributed by atoms with Crippen LogP contribution in [0.15, 0.2) is 11.0 Å². The molecule has 1 aromatic heterocycles. The third kappa shape index (κ3) is 2.43. The number of anilines is 1. The van der Waals surface area contributed by atoms with Crippen LogP contribution in [0, 0.1) is 0 Å². The highest BCUT2D eigenvalue weighted by molar-refractivity contribution is 5.85. The molecule has 1 saturated heterocycles. The Morgan fingerprint density at radius 2 is 2.07 bits per heavy atom. The number of piperazine rings is 1. The molecule has 0 unspecified atom stereocenters. The minimum atomic E-state index is -0.205. The van der Waals surface area contributed by atoms with Crippen molar-refractivity contribution in [1.82, 2.24) is 20.5 Å². The molecule has 1 aromatic rings. The molecule has 6 nitrogen and oxygen atoms in total. The number of nitrogens with zero attached hydrogens (tertiary/aromatic N) is 3. The summed E-state index contributed by atoms with van der Waals surface area (Å²) >= 11 is 0. The highest BCUT2D eigenvalue weighted by Crippen LogP contribution is 2.02. The highest BCUT2D eigenvalue weighted by atomic mass is 35.5. The molecule has 0 saturated carbocycles. The normalized spacial score (nSPS) is 16.1. The number of hydrogen-bond acceptors (Lipinski definition) is 5. The van der Waals surface area contributed by atoms with Crippen LogP contribution in [-0.2, 0) is 0 Å². The zero-order chi connectivity index (χ0) is 9.10. The first-order valence-electron chi connectivity index (χ1n) is 4.24. The van der Waals surface area contributed by atoms with E-state index >= 15 is 0 Å². The average molecular weight is 218 g/mol. The van der Waals surface area contributed by atoms with Crippen LogP contribution in [-0.4, -0.2) is 41.4 Å². The molecule has 1 aliphatic heterocycles. The molecule has 0 radical (unpaired) electrons. The van der Waals surface area contributed by atoms with Gasteiger partial charge in [-0.05, 0) is 0 Å². The van der Waals surface area contributed by atoms with Gasteiger partial charge < -0.3 is 10.2 Å². The van der Waals surface area contributed by atoms with Gasteiger partial charge in [-0.3, -0.25) is 9.78 Å². The number of H-pyrrole nitrogens is 1. The van der Waals surface area contributed by atoms with Crippen molar-refractivity contribution in [3.63, 3.8) is 0 Å². The molecule has 1 aliphatic rings. The Balaban J connectivity index is 0.000000980. The number of aromatic amines is 1. The lowest BCUT2D eigenvalue weighted by Crippen LogP contribution is -2.44. The zero-order valence-electron chi connectivity index (χ0n) is 7.56. The fraction of sp³-hybridized carbons (Fsp3) is 0.571. The van der Waals surface area contributed by atoms with E-state index in [1.54, 1.807) is 0 Å². The second-order valence-electron chi connectivity index (χ2n) is 2.89. The van der Waals surface area contributed by atoms with E-state index in [1.807, 2.05) is 4.90 Å². The number of aromatic nitrogens is 3. The minimum Gasteiger partial charge on any atom is -0.338 e. The number of hydrogen-bond donors (Lipinski definition) is 2. The summed E-state index contributed by atoms with van der Waals surface area (Å²) in [5.74, 6) is 0.564. The summed E-state index contributed by atoms with van der Waals surface area (Å²) in [6.45, 7) is 3.54. The maximum atomic E-state index is 10.9. The number of halogens is 1. The second kappa shape index (κ2) is 4.92. The SMILES string of the molecule is Cl.O=c1cnnc(N2CCNCC2)[nH]1. The van der Waals surface area contributed by atoms with Crippen LogP contribution < -0.4 is 15.8 Å². The molecule has 2 N–H and O–H groups in total. The van der Waals surface area contributed by atoms with Gasteiger partial charge in [0.2, 0.25) is 5.95 Å². The van der Waals surface area contributed by atoms with Crippen molar-refractivity contribution in [3.8, 4) is 0 Å². The van der Waals surface area contributed by atoms with Gasteiger partial charge in [-0.15, -0.1) is 22.6 Å². The summed E-state index contributed by atoms with van der Waals surface area (Å²) in [6.07, 6.45) is 1.17. The van der Waals surface area contributed by atoms with Gasteiger partial charge in [0.1, 0.15) is 6.20 Å². The van der Waals surface area contributed by atoms with Gasteiger partial charge in [0.05, 0.1) is 0 Å². The first-order valence-corrected chi connectivity index (χ1v) is 4.24. The van der Waals surface area contributed by atoms with Gasteiger partial charge in [-0.1, -0.05) is 0 Å². The van der Waals surface area contributed by atoms with Gasteiger partial charge in [0.15, 0.2) is 0 Å². The smallest absolute Gasteiger partial charge is 0.271 e. The van der Waals surface area contributed by atoms with E-state index in [0.717, 1.165) is 26.2 Å². The summed E-state index contributed by atoms with van der Waals surface area (Å²) in [7, 11) is 0. The Hall–Kier alpha value is -1.14. The van der Waals surface area contributed by atoms with Crippen LogP contribution in [0.5, 0.6) is 0 Å². The van der Waals surface area contributed by atoms with Crippen molar-refractivity contribution in [2.24, 2.45) is 0 Å². The molecule has 0 atom stereocenters. The van der Waals surface area contributed by atoms with E-state index in [0.29, 0.717) is 5.95 Å². The van der Waals surface area contributed by atoms with Gasteiger partial charge in [0.25, 0.3) is 5.56 Å². The Bertz CT molecular complexity index is 335. The molecule has 0 bridgehead atoms. The minimum absolute atomic E-state index is 0. The molecule has 1 fully saturated rings. The Kier molecular flexibility index (Phi) is 3.84. The maximum Gasteiger partial charge on any atom is 0.271 e. The maximum absolute atomic E-state index is 10.9. The van der Waals surface area contributed by atoms with Crippen LogP contribution in [0.25, 0.3) is 0 Å². The van der Waals surface area contributed by atoms with Crippen molar-refractivity contribution >= 4 is 18.4 Å².